The molecule has 3 heteroatoms. The smallest absolute Gasteiger partial charge is 0.194 e. The topological polar surface area (TPSA) is 17.3 Å². The third-order valence-electron chi connectivity index (χ3n) is 4.37. The largest absolute Gasteiger partial charge is 0.294 e. The summed E-state index contributed by atoms with van der Waals surface area (Å²) in [5.41, 5.74) is 6.51. The lowest BCUT2D eigenvalue weighted by Gasteiger charge is -2.09. The fourth-order valence-electron chi connectivity index (χ4n) is 3.01. The summed E-state index contributed by atoms with van der Waals surface area (Å²) >= 11 is 1.87. The molecule has 102 valence electrons. The third kappa shape index (κ3) is 1.80. The molecule has 4 rings (SSSR count). The van der Waals surface area contributed by atoms with Crippen molar-refractivity contribution in [2.24, 2.45) is 0 Å². The lowest BCUT2D eigenvalue weighted by atomic mass is 10.0. The second kappa shape index (κ2) is 4.45. The van der Waals surface area contributed by atoms with Crippen molar-refractivity contribution in [2.75, 3.05) is 0 Å². The second-order valence-electron chi connectivity index (χ2n) is 5.76. The maximum atomic E-state index is 4.84. The summed E-state index contributed by atoms with van der Waals surface area (Å²) in [7, 11) is 0. The fraction of sp³-hybridized carbons (Fsp3) is 0.353. The van der Waals surface area contributed by atoms with Crippen molar-refractivity contribution in [3.63, 3.8) is 0 Å². The van der Waals surface area contributed by atoms with E-state index < -0.39 is 0 Å². The van der Waals surface area contributed by atoms with Gasteiger partial charge in [0.15, 0.2) is 4.96 Å². The summed E-state index contributed by atoms with van der Waals surface area (Å²) in [6, 6.07) is 6.61. The lowest BCUT2D eigenvalue weighted by Crippen LogP contribution is -2.01. The Bertz CT molecular complexity index is 795. The molecular formula is C17H18N2S. The van der Waals surface area contributed by atoms with Gasteiger partial charge < -0.3 is 0 Å². The number of aromatic nitrogens is 2. The van der Waals surface area contributed by atoms with Gasteiger partial charge in [0, 0.05) is 22.3 Å². The van der Waals surface area contributed by atoms with Crippen LogP contribution in [0.1, 0.15) is 34.5 Å². The second-order valence-corrected chi connectivity index (χ2v) is 6.82. The Morgan fingerprint density at radius 2 is 1.95 bits per heavy atom. The summed E-state index contributed by atoms with van der Waals surface area (Å²) in [6.07, 6.45) is 7.32. The number of imidazole rings is 1. The molecule has 1 aliphatic rings. The van der Waals surface area contributed by atoms with Crippen molar-refractivity contribution in [3.05, 3.63) is 46.1 Å². The first kappa shape index (κ1) is 12.2. The van der Waals surface area contributed by atoms with Gasteiger partial charge in [0.25, 0.3) is 0 Å². The molecule has 0 amide bonds. The third-order valence-corrected chi connectivity index (χ3v) is 5.53. The van der Waals surface area contributed by atoms with E-state index in [9.17, 15) is 0 Å². The SMILES string of the molecule is Cc1ccc(-c2cn3c4c(sc3n2)CCCC4)cc1C. The number of rotatable bonds is 1. The van der Waals surface area contributed by atoms with Crippen LogP contribution in [-0.4, -0.2) is 9.38 Å². The molecule has 0 unspecified atom stereocenters. The number of thiazole rings is 1. The molecule has 3 aromatic rings. The molecule has 0 atom stereocenters. The highest BCUT2D eigenvalue weighted by Gasteiger charge is 2.18. The quantitative estimate of drug-likeness (QED) is 0.639. The normalized spacial score (nSPS) is 14.7. The van der Waals surface area contributed by atoms with Gasteiger partial charge in [-0.25, -0.2) is 4.98 Å². The monoisotopic (exact) mass is 282 g/mol. The molecule has 0 aliphatic heterocycles. The number of aryl methyl sites for hydroxylation is 4. The van der Waals surface area contributed by atoms with E-state index in [1.165, 1.54) is 48.1 Å². The molecule has 2 aromatic heterocycles. The molecule has 0 fully saturated rings. The molecule has 0 saturated carbocycles. The highest BCUT2D eigenvalue weighted by molar-refractivity contribution is 7.17. The molecule has 1 aromatic carbocycles. The average Bonchev–Trinajstić information content (AvgIpc) is 2.99. The van der Waals surface area contributed by atoms with Crippen LogP contribution in [0, 0.1) is 13.8 Å². The van der Waals surface area contributed by atoms with Crippen molar-refractivity contribution < 1.29 is 0 Å². The Hall–Kier alpha value is -1.61. The van der Waals surface area contributed by atoms with Gasteiger partial charge >= 0.3 is 0 Å². The predicted octanol–water partition coefficient (Wildman–Crippen LogP) is 4.56. The first-order chi connectivity index (χ1) is 9.72. The highest BCUT2D eigenvalue weighted by Crippen LogP contribution is 2.32. The Kier molecular flexibility index (Phi) is 2.71. The average molecular weight is 282 g/mol. The first-order valence-corrected chi connectivity index (χ1v) is 8.11. The van der Waals surface area contributed by atoms with Crippen LogP contribution in [0.5, 0.6) is 0 Å². The molecule has 0 radical (unpaired) electrons. The van der Waals surface area contributed by atoms with Gasteiger partial charge in [0.05, 0.1) is 5.69 Å². The standard InChI is InChI=1S/C17H18N2S/c1-11-7-8-13(9-12(11)2)14-10-19-15-5-3-4-6-16(15)20-17(19)18-14/h7-10H,3-6H2,1-2H3. The Labute approximate surface area is 123 Å². The van der Waals surface area contributed by atoms with E-state index in [0.717, 1.165) is 10.7 Å². The zero-order chi connectivity index (χ0) is 13.7. The van der Waals surface area contributed by atoms with E-state index in [1.54, 1.807) is 4.88 Å². The van der Waals surface area contributed by atoms with Gasteiger partial charge in [0.1, 0.15) is 0 Å². The van der Waals surface area contributed by atoms with Crippen LogP contribution in [0.3, 0.4) is 0 Å². The van der Waals surface area contributed by atoms with E-state index in [0.29, 0.717) is 0 Å². The summed E-state index contributed by atoms with van der Waals surface area (Å²) in [5, 5.41) is 0. The minimum absolute atomic E-state index is 1.10. The minimum Gasteiger partial charge on any atom is -0.294 e. The maximum absolute atomic E-state index is 4.84. The van der Waals surface area contributed by atoms with Crippen molar-refractivity contribution in [3.8, 4) is 11.3 Å². The number of nitrogens with zero attached hydrogens (tertiary/aromatic N) is 2. The van der Waals surface area contributed by atoms with Crippen LogP contribution in [0.15, 0.2) is 24.4 Å². The van der Waals surface area contributed by atoms with Crippen molar-refractivity contribution >= 4 is 16.3 Å². The number of hydrogen-bond acceptors (Lipinski definition) is 2. The number of hydrogen-bond donors (Lipinski definition) is 0. The first-order valence-electron chi connectivity index (χ1n) is 7.29. The summed E-state index contributed by atoms with van der Waals surface area (Å²) in [4.78, 5) is 7.54. The molecule has 2 nitrogen and oxygen atoms in total. The van der Waals surface area contributed by atoms with Gasteiger partial charge in [0.2, 0.25) is 0 Å². The fourth-order valence-corrected chi connectivity index (χ4v) is 4.20. The van der Waals surface area contributed by atoms with Crippen LogP contribution in [0.2, 0.25) is 0 Å². The molecule has 1 aliphatic carbocycles. The molecule has 0 bridgehead atoms. The van der Waals surface area contributed by atoms with Crippen LogP contribution in [0.4, 0.5) is 0 Å². The number of fused-ring (bicyclic) bond motifs is 3. The lowest BCUT2D eigenvalue weighted by molar-refractivity contribution is 0.674. The summed E-state index contributed by atoms with van der Waals surface area (Å²) < 4.78 is 2.32. The van der Waals surface area contributed by atoms with Gasteiger partial charge in [-0.3, -0.25) is 4.40 Å². The molecular weight excluding hydrogens is 264 g/mol. The van der Waals surface area contributed by atoms with E-state index in [1.807, 2.05) is 11.3 Å². The maximum Gasteiger partial charge on any atom is 0.194 e. The molecule has 0 saturated heterocycles. The molecule has 0 spiro atoms. The van der Waals surface area contributed by atoms with E-state index in [4.69, 9.17) is 4.98 Å². The van der Waals surface area contributed by atoms with Crippen LogP contribution < -0.4 is 0 Å². The molecule has 2 heterocycles. The van der Waals surface area contributed by atoms with Gasteiger partial charge in [-0.1, -0.05) is 12.1 Å². The van der Waals surface area contributed by atoms with Gasteiger partial charge in [-0.05, 0) is 56.7 Å². The summed E-state index contributed by atoms with van der Waals surface area (Å²) in [6.45, 7) is 4.32. The Balaban J connectivity index is 1.84. The van der Waals surface area contributed by atoms with Gasteiger partial charge in [-0.15, -0.1) is 11.3 Å². The van der Waals surface area contributed by atoms with Crippen LogP contribution in [0.25, 0.3) is 16.2 Å². The van der Waals surface area contributed by atoms with Crippen LogP contribution >= 0.6 is 11.3 Å². The van der Waals surface area contributed by atoms with Crippen molar-refractivity contribution in [2.45, 2.75) is 39.5 Å². The Morgan fingerprint density at radius 3 is 2.80 bits per heavy atom. The Morgan fingerprint density at radius 1 is 1.10 bits per heavy atom. The number of benzene rings is 1. The summed E-state index contributed by atoms with van der Waals surface area (Å²) in [5.74, 6) is 0. The van der Waals surface area contributed by atoms with Crippen LogP contribution in [-0.2, 0) is 12.8 Å². The molecule has 0 N–H and O–H groups in total. The zero-order valence-corrected chi connectivity index (χ0v) is 12.8. The predicted molar refractivity (Wildman–Crippen MR) is 84.6 cm³/mol. The van der Waals surface area contributed by atoms with Gasteiger partial charge in [-0.2, -0.15) is 0 Å². The molecule has 20 heavy (non-hydrogen) atoms. The highest BCUT2D eigenvalue weighted by atomic mass is 32.1. The minimum atomic E-state index is 1.10. The van der Waals surface area contributed by atoms with Crippen molar-refractivity contribution in [1.29, 1.82) is 0 Å². The van der Waals surface area contributed by atoms with E-state index in [-0.39, 0.29) is 0 Å². The van der Waals surface area contributed by atoms with Crippen molar-refractivity contribution in [1.82, 2.24) is 9.38 Å². The zero-order valence-electron chi connectivity index (χ0n) is 11.9. The van der Waals surface area contributed by atoms with E-state index in [2.05, 4.69) is 42.6 Å². The van der Waals surface area contributed by atoms with E-state index >= 15 is 0 Å².